The van der Waals surface area contributed by atoms with Gasteiger partial charge >= 0.3 is 0 Å². The Morgan fingerprint density at radius 3 is 2.72 bits per heavy atom. The molecule has 126 valence electrons. The lowest BCUT2D eigenvalue weighted by molar-refractivity contribution is -0.0109. The van der Waals surface area contributed by atoms with Gasteiger partial charge in [-0.05, 0) is 53.7 Å². The topological polar surface area (TPSA) is 25.8 Å². The Morgan fingerprint density at radius 1 is 1.08 bits per heavy atom. The van der Waals surface area contributed by atoms with Crippen LogP contribution in [-0.2, 0) is 0 Å². The molecule has 1 aromatic carbocycles. The summed E-state index contributed by atoms with van der Waals surface area (Å²) in [5.74, 6) is 3.12. The quantitative estimate of drug-likeness (QED) is 0.555. The van der Waals surface area contributed by atoms with E-state index in [4.69, 9.17) is 4.98 Å². The second-order valence-electron chi connectivity index (χ2n) is 9.18. The third-order valence-electron chi connectivity index (χ3n) is 7.46. The predicted molar refractivity (Wildman–Crippen MR) is 102 cm³/mol. The molecule has 0 radical (unpaired) electrons. The largest absolute Gasteiger partial charge is 0.254 e. The average Bonchev–Trinajstić information content (AvgIpc) is 3.43. The molecular formula is C23H24N2. The summed E-state index contributed by atoms with van der Waals surface area (Å²) in [7, 11) is 0. The molecule has 2 heteroatoms. The number of benzene rings is 1. The van der Waals surface area contributed by atoms with Crippen molar-refractivity contribution in [1.82, 2.24) is 9.97 Å². The molecule has 25 heavy (non-hydrogen) atoms. The fourth-order valence-electron chi connectivity index (χ4n) is 5.73. The van der Waals surface area contributed by atoms with E-state index in [1.165, 1.54) is 42.1 Å². The third-order valence-corrected chi connectivity index (χ3v) is 7.46. The summed E-state index contributed by atoms with van der Waals surface area (Å²) < 4.78 is 0. The Kier molecular flexibility index (Phi) is 2.62. The normalized spacial score (nSPS) is 29.4. The van der Waals surface area contributed by atoms with Crippen molar-refractivity contribution in [3.63, 3.8) is 0 Å². The van der Waals surface area contributed by atoms with E-state index in [2.05, 4.69) is 43.1 Å². The van der Waals surface area contributed by atoms with Crippen molar-refractivity contribution in [2.24, 2.45) is 17.3 Å². The maximum atomic E-state index is 5.29. The summed E-state index contributed by atoms with van der Waals surface area (Å²) in [5.41, 5.74) is 5.57. The van der Waals surface area contributed by atoms with Gasteiger partial charge in [0.1, 0.15) is 0 Å². The molecule has 4 aliphatic rings. The molecule has 0 amide bonds. The summed E-state index contributed by atoms with van der Waals surface area (Å²) >= 11 is 0. The first-order chi connectivity index (χ1) is 12.1. The predicted octanol–water partition coefficient (Wildman–Crippen LogP) is 5.81. The molecule has 2 saturated carbocycles. The molecule has 0 N–H and O–H groups in total. The van der Waals surface area contributed by atoms with Crippen LogP contribution in [0.25, 0.3) is 21.8 Å². The number of rotatable bonds is 2. The zero-order chi connectivity index (χ0) is 16.8. The fourth-order valence-corrected chi connectivity index (χ4v) is 5.73. The van der Waals surface area contributed by atoms with E-state index in [1.807, 2.05) is 12.3 Å². The van der Waals surface area contributed by atoms with Gasteiger partial charge in [-0.1, -0.05) is 44.9 Å². The lowest BCUT2D eigenvalue weighted by atomic mass is 9.44. The molecular weight excluding hydrogens is 304 g/mol. The molecule has 4 aliphatic carbocycles. The maximum absolute atomic E-state index is 5.29. The summed E-state index contributed by atoms with van der Waals surface area (Å²) in [6.45, 7) is 4.97. The molecule has 2 nitrogen and oxygen atoms in total. The number of hydrogen-bond acceptors (Lipinski definition) is 2. The van der Waals surface area contributed by atoms with Crippen LogP contribution in [0, 0.1) is 17.3 Å². The minimum atomic E-state index is 0.441. The molecule has 3 atom stereocenters. The molecule has 0 unspecified atom stereocenters. The van der Waals surface area contributed by atoms with Crippen molar-refractivity contribution >= 4 is 21.8 Å². The van der Waals surface area contributed by atoms with Gasteiger partial charge in [0.05, 0.1) is 11.0 Å². The lowest BCUT2D eigenvalue weighted by Crippen LogP contribution is -2.50. The molecule has 0 aliphatic heterocycles. The first-order valence-corrected chi connectivity index (χ1v) is 9.81. The van der Waals surface area contributed by atoms with E-state index >= 15 is 0 Å². The minimum absolute atomic E-state index is 0.441. The highest BCUT2D eigenvalue weighted by molar-refractivity contribution is 6.02. The van der Waals surface area contributed by atoms with E-state index in [0.29, 0.717) is 17.3 Å². The van der Waals surface area contributed by atoms with Gasteiger partial charge in [-0.15, -0.1) is 0 Å². The van der Waals surface area contributed by atoms with Gasteiger partial charge in [0.25, 0.3) is 0 Å². The molecule has 2 heterocycles. The highest BCUT2D eigenvalue weighted by atomic mass is 14.8. The first kappa shape index (κ1) is 14.2. The van der Waals surface area contributed by atoms with Gasteiger partial charge in [-0.3, -0.25) is 4.98 Å². The molecule has 0 saturated heterocycles. The first-order valence-electron chi connectivity index (χ1n) is 9.81. The van der Waals surface area contributed by atoms with Crippen LogP contribution >= 0.6 is 0 Å². The zero-order valence-corrected chi connectivity index (χ0v) is 15.0. The van der Waals surface area contributed by atoms with E-state index in [1.54, 1.807) is 5.56 Å². The Bertz CT molecular complexity index is 1020. The Hall–Kier alpha value is -1.96. The lowest BCUT2D eigenvalue weighted by Gasteiger charge is -2.60. The average molecular weight is 328 g/mol. The van der Waals surface area contributed by atoms with Gasteiger partial charge in [-0.25, -0.2) is 4.98 Å². The smallest absolute Gasteiger partial charge is 0.0968 e. The monoisotopic (exact) mass is 328 g/mol. The molecule has 2 fully saturated rings. The summed E-state index contributed by atoms with van der Waals surface area (Å²) in [6.07, 6.45) is 7.48. The van der Waals surface area contributed by atoms with Gasteiger partial charge in [0.2, 0.25) is 0 Å². The van der Waals surface area contributed by atoms with Crippen molar-refractivity contribution in [2.45, 2.75) is 51.4 Å². The second-order valence-corrected chi connectivity index (χ2v) is 9.18. The van der Waals surface area contributed by atoms with Crippen LogP contribution in [0.5, 0.6) is 0 Å². The van der Waals surface area contributed by atoms with Crippen LogP contribution < -0.4 is 0 Å². The number of nitrogens with zero attached hydrogens (tertiary/aromatic N) is 2. The van der Waals surface area contributed by atoms with Gasteiger partial charge in [-0.2, -0.15) is 0 Å². The van der Waals surface area contributed by atoms with E-state index in [9.17, 15) is 0 Å². The van der Waals surface area contributed by atoms with Crippen LogP contribution in [0.1, 0.15) is 62.6 Å². The van der Waals surface area contributed by atoms with Crippen molar-refractivity contribution in [3.8, 4) is 0 Å². The number of pyridine rings is 2. The van der Waals surface area contributed by atoms with Gasteiger partial charge < -0.3 is 0 Å². The Labute approximate surface area is 148 Å². The second kappa shape index (κ2) is 4.60. The molecule has 3 aromatic rings. The molecule has 7 rings (SSSR count). The Morgan fingerprint density at radius 2 is 1.92 bits per heavy atom. The zero-order valence-electron chi connectivity index (χ0n) is 15.0. The van der Waals surface area contributed by atoms with E-state index < -0.39 is 0 Å². The third kappa shape index (κ3) is 1.86. The maximum Gasteiger partial charge on any atom is 0.0968 e. The van der Waals surface area contributed by atoms with Crippen LogP contribution in [0.15, 0.2) is 36.5 Å². The van der Waals surface area contributed by atoms with Crippen molar-refractivity contribution in [1.29, 1.82) is 0 Å². The highest BCUT2D eigenvalue weighted by Crippen LogP contribution is 2.68. The molecule has 0 spiro atoms. The van der Waals surface area contributed by atoms with Gasteiger partial charge in [0, 0.05) is 28.6 Å². The summed E-state index contributed by atoms with van der Waals surface area (Å²) in [5, 5.41) is 2.46. The minimum Gasteiger partial charge on any atom is -0.254 e. The van der Waals surface area contributed by atoms with Crippen molar-refractivity contribution < 1.29 is 0 Å². The summed E-state index contributed by atoms with van der Waals surface area (Å²) in [4.78, 5) is 9.94. The molecule has 2 bridgehead atoms. The van der Waals surface area contributed by atoms with Gasteiger partial charge in [0.15, 0.2) is 0 Å². The Balaban J connectivity index is 1.62. The highest BCUT2D eigenvalue weighted by Gasteiger charge is 2.57. The van der Waals surface area contributed by atoms with Crippen LogP contribution in [0.4, 0.5) is 0 Å². The summed E-state index contributed by atoms with van der Waals surface area (Å²) in [6, 6.07) is 11.0. The fraction of sp³-hybridized carbons (Fsp3) is 0.478. The van der Waals surface area contributed by atoms with Crippen LogP contribution in [-0.4, -0.2) is 9.97 Å². The number of aromatic nitrogens is 2. The SMILES string of the molecule is CC1(C)[C@@H]2C[C@H]1[C@@H](CC1CC1)c1nc3c(ccc4cccnc43)cc12. The van der Waals surface area contributed by atoms with E-state index in [0.717, 1.165) is 22.9 Å². The van der Waals surface area contributed by atoms with Crippen molar-refractivity contribution in [2.75, 3.05) is 0 Å². The van der Waals surface area contributed by atoms with E-state index in [-0.39, 0.29) is 0 Å². The number of fused-ring (bicyclic) bond motifs is 3. The number of hydrogen-bond donors (Lipinski definition) is 0. The standard InChI is InChI=1S/C23H24N2/c1-23(2)18-12-19(23)17-11-15-8-7-14-4-3-9-24-20(14)21(15)25-22(17)16(18)10-13-5-6-13/h3-4,7-9,11,13,16,18-19H,5-6,10,12H2,1-2H3/t16-,18+,19-/m1/s1. The van der Waals surface area contributed by atoms with Crippen LogP contribution in [0.2, 0.25) is 0 Å². The van der Waals surface area contributed by atoms with Crippen molar-refractivity contribution in [3.05, 3.63) is 47.8 Å². The van der Waals surface area contributed by atoms with Crippen LogP contribution in [0.3, 0.4) is 0 Å². The molecule has 2 aromatic heterocycles.